The van der Waals surface area contributed by atoms with E-state index in [1.165, 1.54) is 0 Å². The Labute approximate surface area is 123 Å². The maximum atomic E-state index is 11.4. The van der Waals surface area contributed by atoms with E-state index in [1.54, 1.807) is 0 Å². The van der Waals surface area contributed by atoms with Crippen LogP contribution >= 0.6 is 0 Å². The van der Waals surface area contributed by atoms with E-state index in [0.29, 0.717) is 0 Å². The molecule has 22 heavy (non-hydrogen) atoms. The smallest absolute Gasteiger partial charge is 0.258 e. The van der Waals surface area contributed by atoms with E-state index in [4.69, 9.17) is 10.7 Å². The van der Waals surface area contributed by atoms with Gasteiger partial charge in [-0.25, -0.2) is 13.6 Å². The molecule has 1 aromatic rings. The van der Waals surface area contributed by atoms with E-state index in [-0.39, 0.29) is 24.9 Å². The number of hydrogen-bond acceptors (Lipinski definition) is 7. The van der Waals surface area contributed by atoms with Gasteiger partial charge in [0.15, 0.2) is 4.90 Å². The molecule has 0 radical (unpaired) electrons. The lowest BCUT2D eigenvalue weighted by Gasteiger charge is -2.07. The third-order valence-electron chi connectivity index (χ3n) is 2.65. The molecule has 0 atom stereocenters. The number of nitro groups is 2. The first kappa shape index (κ1) is 17.3. The Morgan fingerprint density at radius 3 is 2.36 bits per heavy atom. The van der Waals surface area contributed by atoms with Crippen LogP contribution in [0.5, 0.6) is 0 Å². The summed E-state index contributed by atoms with van der Waals surface area (Å²) in [7, 11) is -4.42. The predicted molar refractivity (Wildman–Crippen MR) is 73.5 cm³/mol. The molecule has 13 heteroatoms. The van der Waals surface area contributed by atoms with Gasteiger partial charge in [-0.3, -0.25) is 20.2 Å². The minimum Gasteiger partial charge on any atom is -0.258 e. The molecule has 0 spiro atoms. The molecule has 0 bridgehead atoms. The van der Waals surface area contributed by atoms with Crippen molar-refractivity contribution in [3.8, 4) is 0 Å². The summed E-state index contributed by atoms with van der Waals surface area (Å²) in [5, 5.41) is 30.2. The number of nitrogens with two attached hydrogens (primary N) is 1. The molecule has 0 fully saturated rings. The fraction of sp³-hybridized carbons (Fsp3) is 0.333. The number of nitro benzene ring substituents is 2. The highest BCUT2D eigenvalue weighted by atomic mass is 32.2. The summed E-state index contributed by atoms with van der Waals surface area (Å²) < 4.78 is 22.8. The molecular formula is C9H10N6O6S. The van der Waals surface area contributed by atoms with E-state index in [9.17, 15) is 28.6 Å². The summed E-state index contributed by atoms with van der Waals surface area (Å²) in [6.45, 7) is -0.0512. The van der Waals surface area contributed by atoms with E-state index in [2.05, 4.69) is 10.0 Å². The second-order valence-corrected chi connectivity index (χ2v) is 5.56. The molecule has 0 saturated carbocycles. The van der Waals surface area contributed by atoms with Gasteiger partial charge in [-0.15, -0.1) is 0 Å². The molecule has 0 aliphatic carbocycles. The molecule has 0 aliphatic heterocycles. The molecule has 1 rings (SSSR count). The number of sulfonamides is 1. The Bertz CT molecular complexity index is 769. The molecular weight excluding hydrogens is 320 g/mol. The molecule has 0 aromatic heterocycles. The highest BCUT2D eigenvalue weighted by Gasteiger charge is 2.32. The van der Waals surface area contributed by atoms with Gasteiger partial charge in [-0.05, 0) is 24.4 Å². The Balaban J connectivity index is 3.54. The van der Waals surface area contributed by atoms with Gasteiger partial charge in [0.25, 0.3) is 11.4 Å². The molecule has 0 amide bonds. The van der Waals surface area contributed by atoms with Gasteiger partial charge in [0, 0.05) is 17.5 Å². The zero-order valence-corrected chi connectivity index (χ0v) is 11.8. The van der Waals surface area contributed by atoms with Crippen LogP contribution in [0.4, 0.5) is 11.4 Å². The molecule has 0 unspecified atom stereocenters. The first-order valence-electron chi connectivity index (χ1n) is 5.68. The second-order valence-electron chi connectivity index (χ2n) is 4.03. The number of azide groups is 1. The first-order chi connectivity index (χ1) is 10.2. The van der Waals surface area contributed by atoms with Crippen LogP contribution in [0.25, 0.3) is 10.4 Å². The zero-order chi connectivity index (χ0) is 16.9. The summed E-state index contributed by atoms with van der Waals surface area (Å²) in [4.78, 5) is 21.9. The average Bonchev–Trinajstić information content (AvgIpc) is 2.41. The lowest BCUT2D eigenvalue weighted by Crippen LogP contribution is -2.16. The standard InChI is InChI=1S/C9H10N6O6S/c10-13-12-5-1-2-6-7(14(16)17)3-4-8(22(11,20)21)9(6)15(18)19/h3-4H,1-2,5H2,(H2,11,20,21). The van der Waals surface area contributed by atoms with Gasteiger partial charge in [-0.1, -0.05) is 5.11 Å². The topological polar surface area (TPSA) is 195 Å². The summed E-state index contributed by atoms with van der Waals surface area (Å²) >= 11 is 0. The Morgan fingerprint density at radius 2 is 1.91 bits per heavy atom. The Kier molecular flexibility index (Phi) is 5.34. The van der Waals surface area contributed by atoms with Gasteiger partial charge in [0.05, 0.1) is 9.85 Å². The number of nitrogens with zero attached hydrogens (tertiary/aromatic N) is 5. The molecule has 0 aliphatic rings. The molecule has 0 heterocycles. The maximum Gasteiger partial charge on any atom is 0.299 e. The summed E-state index contributed by atoms with van der Waals surface area (Å²) in [6.07, 6.45) is -0.144. The molecule has 0 saturated heterocycles. The Hall–Kier alpha value is -2.76. The quantitative estimate of drug-likeness (QED) is 0.196. The third kappa shape index (κ3) is 3.88. The average molecular weight is 330 g/mol. The van der Waals surface area contributed by atoms with Crippen molar-refractivity contribution in [2.24, 2.45) is 10.3 Å². The van der Waals surface area contributed by atoms with E-state index in [1.807, 2.05) is 0 Å². The predicted octanol–water partition coefficient (Wildman–Crippen LogP) is 1.39. The Morgan fingerprint density at radius 1 is 1.27 bits per heavy atom. The SMILES string of the molecule is [N-]=[N+]=NCCCc1c([N+](=O)[O-])ccc(S(N)(=O)=O)c1[N+](=O)[O-]. The number of benzene rings is 1. The highest BCUT2D eigenvalue weighted by Crippen LogP contribution is 2.35. The number of hydrogen-bond donors (Lipinski definition) is 1. The van der Waals surface area contributed by atoms with Crippen LogP contribution in [0.3, 0.4) is 0 Å². The third-order valence-corrected chi connectivity index (χ3v) is 3.60. The van der Waals surface area contributed by atoms with Crippen molar-refractivity contribution < 1.29 is 18.3 Å². The zero-order valence-electron chi connectivity index (χ0n) is 10.9. The van der Waals surface area contributed by atoms with Gasteiger partial charge in [0.2, 0.25) is 10.0 Å². The van der Waals surface area contributed by atoms with E-state index < -0.39 is 36.1 Å². The summed E-state index contributed by atoms with van der Waals surface area (Å²) in [5.41, 5.74) is 6.24. The van der Waals surface area contributed by atoms with Gasteiger partial charge >= 0.3 is 0 Å². The van der Waals surface area contributed by atoms with E-state index in [0.717, 1.165) is 12.1 Å². The van der Waals surface area contributed by atoms with Crippen molar-refractivity contribution in [1.82, 2.24) is 0 Å². The van der Waals surface area contributed by atoms with Crippen molar-refractivity contribution in [1.29, 1.82) is 0 Å². The van der Waals surface area contributed by atoms with E-state index >= 15 is 0 Å². The van der Waals surface area contributed by atoms with Crippen molar-refractivity contribution >= 4 is 21.4 Å². The molecule has 2 N–H and O–H groups in total. The fourth-order valence-corrected chi connectivity index (χ4v) is 2.55. The normalized spacial score (nSPS) is 10.8. The van der Waals surface area contributed by atoms with Crippen LogP contribution in [0.2, 0.25) is 0 Å². The number of rotatable bonds is 7. The largest absolute Gasteiger partial charge is 0.299 e. The molecule has 12 nitrogen and oxygen atoms in total. The minimum absolute atomic E-state index is 0.0512. The first-order valence-corrected chi connectivity index (χ1v) is 7.23. The summed E-state index contributed by atoms with van der Waals surface area (Å²) in [5.74, 6) is 0. The van der Waals surface area contributed by atoms with Crippen LogP contribution < -0.4 is 5.14 Å². The van der Waals surface area contributed by atoms with Gasteiger partial charge < -0.3 is 0 Å². The lowest BCUT2D eigenvalue weighted by atomic mass is 10.1. The van der Waals surface area contributed by atoms with Crippen LogP contribution in [-0.2, 0) is 16.4 Å². The monoisotopic (exact) mass is 330 g/mol. The van der Waals surface area contributed by atoms with Crippen molar-refractivity contribution in [2.75, 3.05) is 6.54 Å². The molecule has 118 valence electrons. The molecule has 1 aromatic carbocycles. The summed E-state index contributed by atoms with van der Waals surface area (Å²) in [6, 6.07) is 1.57. The van der Waals surface area contributed by atoms with Crippen LogP contribution in [0, 0.1) is 20.2 Å². The van der Waals surface area contributed by atoms with Crippen LogP contribution in [0.1, 0.15) is 12.0 Å². The second kappa shape index (κ2) is 6.80. The van der Waals surface area contributed by atoms with Crippen molar-refractivity contribution in [2.45, 2.75) is 17.7 Å². The van der Waals surface area contributed by atoms with Gasteiger partial charge in [-0.2, -0.15) is 0 Å². The van der Waals surface area contributed by atoms with Crippen molar-refractivity contribution in [3.05, 3.63) is 48.4 Å². The minimum atomic E-state index is -4.42. The van der Waals surface area contributed by atoms with Crippen LogP contribution in [0.15, 0.2) is 22.1 Å². The van der Waals surface area contributed by atoms with Crippen LogP contribution in [-0.4, -0.2) is 24.8 Å². The van der Waals surface area contributed by atoms with Crippen molar-refractivity contribution in [3.63, 3.8) is 0 Å². The number of primary sulfonamides is 1. The van der Waals surface area contributed by atoms with Gasteiger partial charge in [0.1, 0.15) is 5.56 Å². The lowest BCUT2D eigenvalue weighted by molar-refractivity contribution is -0.397. The highest BCUT2D eigenvalue weighted by molar-refractivity contribution is 7.89. The fourth-order valence-electron chi connectivity index (χ4n) is 1.82. The maximum absolute atomic E-state index is 11.4.